The Morgan fingerprint density at radius 2 is 1.65 bits per heavy atom. The van der Waals surface area contributed by atoms with Crippen molar-refractivity contribution in [3.63, 3.8) is 0 Å². The number of carbonyl (C=O) groups is 2. The number of amides is 2. The Morgan fingerprint density at radius 3 is 2.12 bits per heavy atom. The molecule has 5 heteroatoms. The molecule has 1 aliphatic heterocycles. The lowest BCUT2D eigenvalue weighted by Crippen LogP contribution is -2.43. The van der Waals surface area contributed by atoms with Crippen LogP contribution in [-0.4, -0.2) is 36.6 Å². The summed E-state index contributed by atoms with van der Waals surface area (Å²) in [6.45, 7) is 11.9. The van der Waals surface area contributed by atoms with E-state index in [2.05, 4.69) is 51.2 Å². The molecular weight excluding hydrogens is 328 g/mol. The highest BCUT2D eigenvalue weighted by molar-refractivity contribution is 5.91. The van der Waals surface area contributed by atoms with E-state index in [4.69, 9.17) is 4.74 Å². The molecule has 0 atom stereocenters. The maximum absolute atomic E-state index is 12.8. The molecule has 1 N–H and O–H groups in total. The van der Waals surface area contributed by atoms with Crippen molar-refractivity contribution in [3.8, 4) is 0 Å². The number of nitrogens with one attached hydrogen (secondary N) is 1. The van der Waals surface area contributed by atoms with Crippen molar-refractivity contribution in [1.82, 2.24) is 4.90 Å². The lowest BCUT2D eigenvalue weighted by Gasteiger charge is -2.31. The van der Waals surface area contributed by atoms with Crippen molar-refractivity contribution >= 4 is 17.7 Å². The van der Waals surface area contributed by atoms with Crippen LogP contribution in [0.5, 0.6) is 0 Å². The molecule has 1 saturated heterocycles. The Bertz CT molecular complexity index is 606. The summed E-state index contributed by atoms with van der Waals surface area (Å²) >= 11 is 0. The van der Waals surface area contributed by atoms with Gasteiger partial charge in [-0.15, -0.1) is 0 Å². The molecule has 0 aliphatic carbocycles. The van der Waals surface area contributed by atoms with Crippen LogP contribution in [-0.2, 0) is 9.53 Å². The molecule has 5 nitrogen and oxygen atoms in total. The molecule has 1 aromatic rings. The average Bonchev–Trinajstić information content (AvgIpc) is 2.61. The molecular formula is C21H32N2O3. The molecule has 0 spiro atoms. The van der Waals surface area contributed by atoms with Crippen molar-refractivity contribution in [2.75, 3.05) is 25.0 Å². The van der Waals surface area contributed by atoms with E-state index in [0.29, 0.717) is 44.4 Å². The normalized spacial score (nSPS) is 15.4. The van der Waals surface area contributed by atoms with E-state index in [0.717, 1.165) is 16.8 Å². The number of carbonyl (C=O) groups excluding carboxylic acids is 2. The number of esters is 1. The van der Waals surface area contributed by atoms with Crippen LogP contribution in [0.2, 0.25) is 0 Å². The molecule has 2 rings (SSSR count). The molecule has 1 fully saturated rings. The lowest BCUT2D eigenvalue weighted by molar-refractivity contribution is -0.149. The number of nitrogens with zero attached hydrogens (tertiary/aromatic N) is 1. The van der Waals surface area contributed by atoms with E-state index in [-0.39, 0.29) is 17.9 Å². The molecule has 0 radical (unpaired) electrons. The predicted molar refractivity (Wildman–Crippen MR) is 105 cm³/mol. The first-order valence-corrected chi connectivity index (χ1v) is 9.70. The highest BCUT2D eigenvalue weighted by Gasteiger charge is 2.29. The number of benzene rings is 1. The molecule has 0 aromatic heterocycles. The summed E-state index contributed by atoms with van der Waals surface area (Å²) in [5, 5.41) is 3.15. The van der Waals surface area contributed by atoms with Gasteiger partial charge < -0.3 is 15.0 Å². The third kappa shape index (κ3) is 4.77. The summed E-state index contributed by atoms with van der Waals surface area (Å²) in [5.74, 6) is 0.435. The fourth-order valence-corrected chi connectivity index (χ4v) is 3.46. The molecule has 0 saturated carbocycles. The van der Waals surface area contributed by atoms with Gasteiger partial charge in [0.2, 0.25) is 0 Å². The zero-order chi connectivity index (χ0) is 19.3. The Kier molecular flexibility index (Phi) is 7.06. The third-order valence-electron chi connectivity index (χ3n) is 5.01. The third-order valence-corrected chi connectivity index (χ3v) is 5.01. The Balaban J connectivity index is 2.08. The minimum Gasteiger partial charge on any atom is -0.466 e. The van der Waals surface area contributed by atoms with E-state index >= 15 is 0 Å². The van der Waals surface area contributed by atoms with Gasteiger partial charge in [0, 0.05) is 18.8 Å². The molecule has 1 aliphatic rings. The summed E-state index contributed by atoms with van der Waals surface area (Å²) in [6.07, 6.45) is 1.32. The zero-order valence-corrected chi connectivity index (χ0v) is 16.7. The standard InChI is InChI=1S/C21H32N2O3/c1-6-26-20(24)16-10-12-23(13-11-16)21(25)22-19-17(14(2)3)8-7-9-18(19)15(4)5/h7-9,14-16H,6,10-13H2,1-5H3,(H,22,25). The number of hydrogen-bond acceptors (Lipinski definition) is 3. The van der Waals surface area contributed by atoms with Gasteiger partial charge in [0.25, 0.3) is 0 Å². The smallest absolute Gasteiger partial charge is 0.321 e. The predicted octanol–water partition coefficient (Wildman–Crippen LogP) is 4.74. The van der Waals surface area contributed by atoms with Crippen molar-refractivity contribution in [2.24, 2.45) is 5.92 Å². The van der Waals surface area contributed by atoms with Gasteiger partial charge in [-0.25, -0.2) is 4.79 Å². The van der Waals surface area contributed by atoms with Gasteiger partial charge in [-0.1, -0.05) is 45.9 Å². The topological polar surface area (TPSA) is 58.6 Å². The summed E-state index contributed by atoms with van der Waals surface area (Å²) in [6, 6.07) is 6.14. The first-order chi connectivity index (χ1) is 12.3. The Hall–Kier alpha value is -2.04. The number of hydrogen-bond donors (Lipinski definition) is 1. The van der Waals surface area contributed by atoms with Crippen molar-refractivity contribution in [1.29, 1.82) is 0 Å². The molecule has 26 heavy (non-hydrogen) atoms. The Labute approximate surface area is 157 Å². The summed E-state index contributed by atoms with van der Waals surface area (Å²) in [7, 11) is 0. The lowest BCUT2D eigenvalue weighted by atomic mass is 9.92. The van der Waals surface area contributed by atoms with Crippen LogP contribution >= 0.6 is 0 Å². The van der Waals surface area contributed by atoms with Crippen LogP contribution in [0, 0.1) is 5.92 Å². The molecule has 1 heterocycles. The molecule has 0 unspecified atom stereocenters. The van der Waals surface area contributed by atoms with Crippen LogP contribution in [0.3, 0.4) is 0 Å². The molecule has 1 aromatic carbocycles. The fraction of sp³-hybridized carbons (Fsp3) is 0.619. The number of para-hydroxylation sites is 1. The second kappa shape index (κ2) is 9.06. The van der Waals surface area contributed by atoms with Gasteiger partial charge in [0.1, 0.15) is 0 Å². The fourth-order valence-electron chi connectivity index (χ4n) is 3.46. The number of likely N-dealkylation sites (tertiary alicyclic amines) is 1. The highest BCUT2D eigenvalue weighted by atomic mass is 16.5. The number of urea groups is 1. The molecule has 2 amide bonds. The van der Waals surface area contributed by atoms with Gasteiger partial charge in [0.05, 0.1) is 12.5 Å². The maximum Gasteiger partial charge on any atom is 0.321 e. The number of piperidine rings is 1. The Morgan fingerprint density at radius 1 is 1.12 bits per heavy atom. The van der Waals surface area contributed by atoms with Gasteiger partial charge >= 0.3 is 12.0 Å². The minimum absolute atomic E-state index is 0.0812. The number of ether oxygens (including phenoxy) is 1. The SMILES string of the molecule is CCOC(=O)C1CCN(C(=O)Nc2c(C(C)C)cccc2C(C)C)CC1. The van der Waals surface area contributed by atoms with Crippen LogP contribution in [0.4, 0.5) is 10.5 Å². The summed E-state index contributed by atoms with van der Waals surface area (Å²) in [5.41, 5.74) is 3.26. The van der Waals surface area contributed by atoms with Crippen LogP contribution in [0.1, 0.15) is 70.4 Å². The monoisotopic (exact) mass is 360 g/mol. The summed E-state index contributed by atoms with van der Waals surface area (Å²) < 4.78 is 5.10. The quantitative estimate of drug-likeness (QED) is 0.772. The van der Waals surface area contributed by atoms with Crippen LogP contribution < -0.4 is 5.32 Å². The van der Waals surface area contributed by atoms with E-state index in [1.165, 1.54) is 0 Å². The van der Waals surface area contributed by atoms with E-state index in [9.17, 15) is 9.59 Å². The van der Waals surface area contributed by atoms with Gasteiger partial charge in [-0.2, -0.15) is 0 Å². The van der Waals surface area contributed by atoms with Gasteiger partial charge in [-0.3, -0.25) is 4.79 Å². The minimum atomic E-state index is -0.139. The average molecular weight is 360 g/mol. The first-order valence-electron chi connectivity index (χ1n) is 9.70. The van der Waals surface area contributed by atoms with E-state index < -0.39 is 0 Å². The summed E-state index contributed by atoms with van der Waals surface area (Å²) in [4.78, 5) is 26.5. The number of rotatable bonds is 5. The van der Waals surface area contributed by atoms with E-state index in [1.54, 1.807) is 4.90 Å². The van der Waals surface area contributed by atoms with E-state index in [1.807, 2.05) is 6.92 Å². The van der Waals surface area contributed by atoms with Crippen molar-refractivity contribution < 1.29 is 14.3 Å². The maximum atomic E-state index is 12.8. The second-order valence-electron chi connectivity index (χ2n) is 7.56. The van der Waals surface area contributed by atoms with Crippen molar-refractivity contribution in [3.05, 3.63) is 29.3 Å². The van der Waals surface area contributed by atoms with Crippen LogP contribution in [0.15, 0.2) is 18.2 Å². The number of anilines is 1. The first kappa shape index (κ1) is 20.3. The molecule has 144 valence electrons. The largest absolute Gasteiger partial charge is 0.466 e. The van der Waals surface area contributed by atoms with Gasteiger partial charge in [0.15, 0.2) is 0 Å². The molecule has 0 bridgehead atoms. The zero-order valence-electron chi connectivity index (χ0n) is 16.7. The van der Waals surface area contributed by atoms with Crippen LogP contribution in [0.25, 0.3) is 0 Å². The highest BCUT2D eigenvalue weighted by Crippen LogP contribution is 2.33. The van der Waals surface area contributed by atoms with Crippen molar-refractivity contribution in [2.45, 2.75) is 59.3 Å². The van der Waals surface area contributed by atoms with Gasteiger partial charge in [-0.05, 0) is 42.7 Å². The second-order valence-corrected chi connectivity index (χ2v) is 7.56.